The van der Waals surface area contributed by atoms with Crippen LogP contribution >= 0.6 is 0 Å². The van der Waals surface area contributed by atoms with Gasteiger partial charge in [-0.05, 0) is 46.4 Å². The zero-order valence-corrected chi connectivity index (χ0v) is 17.9. The third-order valence-electron chi connectivity index (χ3n) is 5.47. The van der Waals surface area contributed by atoms with Gasteiger partial charge in [-0.3, -0.25) is 4.79 Å². The fourth-order valence-electron chi connectivity index (χ4n) is 3.73. The number of anilines is 2. The molecule has 2 aromatic carbocycles. The second-order valence-corrected chi connectivity index (χ2v) is 8.59. The molecule has 0 unspecified atom stereocenters. The summed E-state index contributed by atoms with van der Waals surface area (Å²) in [6, 6.07) is 18.1. The van der Waals surface area contributed by atoms with E-state index >= 15 is 0 Å². The molecule has 0 spiro atoms. The maximum absolute atomic E-state index is 13.3. The average Bonchev–Trinajstić information content (AvgIpc) is 3.09. The number of pyridine rings is 1. The molecule has 3 aromatic rings. The maximum Gasteiger partial charge on any atom is 0.261 e. The van der Waals surface area contributed by atoms with Crippen LogP contribution in [0.15, 0.2) is 60.8 Å². The fourth-order valence-corrected chi connectivity index (χ4v) is 3.73. The molecule has 1 aliphatic rings. The number of nitrogens with one attached hydrogen (secondary N) is 1. The standard InChI is InChI=1S/C25H27N3O2/c1-25(2,3)19-8-10-20(11-9-19)28-16-18-6-5-7-21(23(18)24(28)29)27-15-17-12-13-26-22(14-17)30-4/h5-14,27H,15-16H2,1-4H3. The Morgan fingerprint density at radius 1 is 1.10 bits per heavy atom. The highest BCUT2D eigenvalue weighted by Gasteiger charge is 2.31. The number of methoxy groups -OCH3 is 1. The van der Waals surface area contributed by atoms with Crippen LogP contribution in [0.2, 0.25) is 0 Å². The van der Waals surface area contributed by atoms with Gasteiger partial charge < -0.3 is 15.0 Å². The number of fused-ring (bicyclic) bond motifs is 1. The summed E-state index contributed by atoms with van der Waals surface area (Å²) in [7, 11) is 1.60. The number of benzene rings is 2. The van der Waals surface area contributed by atoms with Gasteiger partial charge in [0, 0.05) is 30.2 Å². The number of amides is 1. The summed E-state index contributed by atoms with van der Waals surface area (Å²) in [4.78, 5) is 19.2. The van der Waals surface area contributed by atoms with E-state index in [1.165, 1.54) is 5.56 Å². The lowest BCUT2D eigenvalue weighted by atomic mass is 9.87. The van der Waals surface area contributed by atoms with Crippen molar-refractivity contribution in [2.75, 3.05) is 17.3 Å². The van der Waals surface area contributed by atoms with Crippen molar-refractivity contribution in [3.8, 4) is 5.88 Å². The van der Waals surface area contributed by atoms with Crippen LogP contribution in [-0.2, 0) is 18.5 Å². The molecular weight excluding hydrogens is 374 g/mol. The Labute approximate surface area is 177 Å². The molecular formula is C25H27N3O2. The lowest BCUT2D eigenvalue weighted by Crippen LogP contribution is -2.23. The van der Waals surface area contributed by atoms with Gasteiger partial charge in [0.15, 0.2) is 0 Å². The SMILES string of the molecule is COc1cc(CNc2cccc3c2C(=O)N(c2ccc(C(C)(C)C)cc2)C3)ccn1. The van der Waals surface area contributed by atoms with Gasteiger partial charge in [0.05, 0.1) is 19.2 Å². The Morgan fingerprint density at radius 3 is 2.57 bits per heavy atom. The molecule has 0 aliphatic carbocycles. The zero-order valence-electron chi connectivity index (χ0n) is 17.9. The summed E-state index contributed by atoms with van der Waals surface area (Å²) in [6.07, 6.45) is 1.72. The van der Waals surface area contributed by atoms with Crippen molar-refractivity contribution < 1.29 is 9.53 Å². The number of carbonyl (C=O) groups is 1. The van der Waals surface area contributed by atoms with Gasteiger partial charge >= 0.3 is 0 Å². The van der Waals surface area contributed by atoms with Crippen LogP contribution < -0.4 is 15.0 Å². The second kappa shape index (κ2) is 7.82. The van der Waals surface area contributed by atoms with E-state index in [4.69, 9.17) is 4.74 Å². The molecule has 0 atom stereocenters. The first-order valence-corrected chi connectivity index (χ1v) is 10.1. The molecule has 0 saturated heterocycles. The molecule has 154 valence electrons. The lowest BCUT2D eigenvalue weighted by molar-refractivity contribution is 0.0997. The summed E-state index contributed by atoms with van der Waals surface area (Å²) in [5.41, 5.74) is 5.94. The number of nitrogens with zero attached hydrogens (tertiary/aromatic N) is 2. The zero-order chi connectivity index (χ0) is 21.3. The van der Waals surface area contributed by atoms with Crippen molar-refractivity contribution in [2.45, 2.75) is 39.3 Å². The number of hydrogen-bond donors (Lipinski definition) is 1. The predicted octanol–water partition coefficient (Wildman–Crippen LogP) is 5.16. The quantitative estimate of drug-likeness (QED) is 0.642. The van der Waals surface area contributed by atoms with E-state index in [9.17, 15) is 4.79 Å². The normalized spacial score (nSPS) is 13.3. The van der Waals surface area contributed by atoms with E-state index < -0.39 is 0 Å². The minimum atomic E-state index is 0.0314. The Bertz CT molecular complexity index is 1070. The van der Waals surface area contributed by atoms with Gasteiger partial charge in [-0.15, -0.1) is 0 Å². The molecule has 1 amide bonds. The van der Waals surface area contributed by atoms with Crippen molar-refractivity contribution in [2.24, 2.45) is 0 Å². The van der Waals surface area contributed by atoms with Crippen molar-refractivity contribution in [3.63, 3.8) is 0 Å². The number of rotatable bonds is 5. The summed E-state index contributed by atoms with van der Waals surface area (Å²) in [5.74, 6) is 0.609. The van der Waals surface area contributed by atoms with E-state index in [1.807, 2.05) is 47.4 Å². The van der Waals surface area contributed by atoms with Gasteiger partial charge in [-0.1, -0.05) is 45.0 Å². The molecule has 0 radical (unpaired) electrons. The number of carbonyl (C=O) groups excluding carboxylic acids is 1. The highest BCUT2D eigenvalue weighted by Crippen LogP contribution is 2.34. The Morgan fingerprint density at radius 2 is 1.87 bits per heavy atom. The summed E-state index contributed by atoms with van der Waals surface area (Å²) in [5, 5.41) is 3.41. The van der Waals surface area contributed by atoms with E-state index in [2.05, 4.69) is 43.2 Å². The molecule has 5 heteroatoms. The molecule has 1 aliphatic heterocycles. The van der Waals surface area contributed by atoms with Crippen LogP contribution in [-0.4, -0.2) is 18.0 Å². The van der Waals surface area contributed by atoms with E-state index in [-0.39, 0.29) is 11.3 Å². The molecule has 0 fully saturated rings. The van der Waals surface area contributed by atoms with Crippen LogP contribution in [0.25, 0.3) is 0 Å². The minimum absolute atomic E-state index is 0.0314. The second-order valence-electron chi connectivity index (χ2n) is 8.59. The molecule has 1 N–H and O–H groups in total. The Balaban J connectivity index is 1.55. The molecule has 2 heterocycles. The van der Waals surface area contributed by atoms with Crippen molar-refractivity contribution in [3.05, 3.63) is 83.0 Å². The smallest absolute Gasteiger partial charge is 0.261 e. The lowest BCUT2D eigenvalue weighted by Gasteiger charge is -2.21. The Hall–Kier alpha value is -3.34. The van der Waals surface area contributed by atoms with Crippen molar-refractivity contribution in [1.82, 2.24) is 4.98 Å². The topological polar surface area (TPSA) is 54.5 Å². The number of ether oxygens (including phenoxy) is 1. The predicted molar refractivity (Wildman–Crippen MR) is 120 cm³/mol. The van der Waals surface area contributed by atoms with Gasteiger partial charge in [-0.2, -0.15) is 0 Å². The fraction of sp³-hybridized carbons (Fsp3) is 0.280. The molecule has 0 bridgehead atoms. The van der Waals surface area contributed by atoms with Gasteiger partial charge in [0.2, 0.25) is 5.88 Å². The maximum atomic E-state index is 13.3. The van der Waals surface area contributed by atoms with E-state index in [1.54, 1.807) is 13.3 Å². The largest absolute Gasteiger partial charge is 0.481 e. The molecule has 5 nitrogen and oxygen atoms in total. The first kappa shape index (κ1) is 20.0. The van der Waals surface area contributed by atoms with Crippen LogP contribution in [0.1, 0.15) is 47.8 Å². The van der Waals surface area contributed by atoms with Crippen LogP contribution in [0, 0.1) is 0 Å². The van der Waals surface area contributed by atoms with Crippen LogP contribution in [0.4, 0.5) is 11.4 Å². The highest BCUT2D eigenvalue weighted by atomic mass is 16.5. The monoisotopic (exact) mass is 401 g/mol. The number of hydrogen-bond acceptors (Lipinski definition) is 4. The summed E-state index contributed by atoms with van der Waals surface area (Å²) in [6.45, 7) is 7.74. The number of aromatic nitrogens is 1. The summed E-state index contributed by atoms with van der Waals surface area (Å²) < 4.78 is 5.19. The molecule has 1 aromatic heterocycles. The summed E-state index contributed by atoms with van der Waals surface area (Å²) >= 11 is 0. The minimum Gasteiger partial charge on any atom is -0.481 e. The van der Waals surface area contributed by atoms with Gasteiger partial charge in [0.25, 0.3) is 5.91 Å². The van der Waals surface area contributed by atoms with Gasteiger partial charge in [0.1, 0.15) is 0 Å². The first-order chi connectivity index (χ1) is 14.4. The van der Waals surface area contributed by atoms with Crippen molar-refractivity contribution >= 4 is 17.3 Å². The molecule has 4 rings (SSSR count). The third-order valence-corrected chi connectivity index (χ3v) is 5.47. The first-order valence-electron chi connectivity index (χ1n) is 10.1. The molecule has 30 heavy (non-hydrogen) atoms. The van der Waals surface area contributed by atoms with Crippen molar-refractivity contribution in [1.29, 1.82) is 0 Å². The van der Waals surface area contributed by atoms with E-state index in [0.29, 0.717) is 19.0 Å². The van der Waals surface area contributed by atoms with Crippen LogP contribution in [0.3, 0.4) is 0 Å². The highest BCUT2D eigenvalue weighted by molar-refractivity contribution is 6.13. The molecule has 0 saturated carbocycles. The van der Waals surface area contributed by atoms with Crippen LogP contribution in [0.5, 0.6) is 5.88 Å². The van der Waals surface area contributed by atoms with E-state index in [0.717, 1.165) is 28.1 Å². The average molecular weight is 402 g/mol. The Kier molecular flexibility index (Phi) is 5.20. The third kappa shape index (κ3) is 3.88. The van der Waals surface area contributed by atoms with Gasteiger partial charge in [-0.25, -0.2) is 4.98 Å².